The van der Waals surface area contributed by atoms with Gasteiger partial charge in [0.15, 0.2) is 5.78 Å². The lowest BCUT2D eigenvalue weighted by Crippen LogP contribution is -2.03. The predicted molar refractivity (Wildman–Crippen MR) is 77.3 cm³/mol. The average molecular weight is 292 g/mol. The van der Waals surface area contributed by atoms with E-state index >= 15 is 0 Å². The summed E-state index contributed by atoms with van der Waals surface area (Å²) in [6.07, 6.45) is 0. The van der Waals surface area contributed by atoms with Gasteiger partial charge in [0.05, 0.1) is 5.75 Å². The summed E-state index contributed by atoms with van der Waals surface area (Å²) in [6.45, 7) is 3.92. The Labute approximate surface area is 121 Å². The lowest BCUT2D eigenvalue weighted by molar-refractivity contribution is 0.102. The fraction of sp³-hybridized carbons (Fsp3) is 0.188. The minimum atomic E-state index is -0.636. The molecule has 0 aromatic heterocycles. The first-order valence-corrected chi connectivity index (χ1v) is 7.14. The molecule has 0 fully saturated rings. The van der Waals surface area contributed by atoms with Crippen LogP contribution in [0.1, 0.15) is 21.5 Å². The SMILES string of the molecule is Cc1ccc(C(=O)CSc2ccc(F)cc2F)cc1C. The zero-order chi connectivity index (χ0) is 14.7. The molecule has 20 heavy (non-hydrogen) atoms. The van der Waals surface area contributed by atoms with Crippen LogP contribution in [0.5, 0.6) is 0 Å². The smallest absolute Gasteiger partial charge is 0.173 e. The average Bonchev–Trinajstić information content (AvgIpc) is 2.40. The number of ketones is 1. The summed E-state index contributed by atoms with van der Waals surface area (Å²) < 4.78 is 26.2. The third-order valence-electron chi connectivity index (χ3n) is 3.08. The molecule has 0 unspecified atom stereocenters. The van der Waals surface area contributed by atoms with Gasteiger partial charge in [-0.25, -0.2) is 8.78 Å². The van der Waals surface area contributed by atoms with E-state index in [0.29, 0.717) is 5.56 Å². The molecule has 1 nitrogen and oxygen atoms in total. The molecule has 0 atom stereocenters. The number of thioether (sulfide) groups is 1. The molecule has 0 spiro atoms. The first-order chi connectivity index (χ1) is 9.47. The van der Waals surface area contributed by atoms with Crippen LogP contribution in [-0.4, -0.2) is 11.5 Å². The summed E-state index contributed by atoms with van der Waals surface area (Å²) >= 11 is 1.08. The lowest BCUT2D eigenvalue weighted by Gasteiger charge is -2.05. The molecule has 104 valence electrons. The molecule has 0 aliphatic rings. The molecule has 4 heteroatoms. The van der Waals surface area contributed by atoms with Gasteiger partial charge in [-0.2, -0.15) is 0 Å². The topological polar surface area (TPSA) is 17.1 Å². The van der Waals surface area contributed by atoms with E-state index in [4.69, 9.17) is 0 Å². The summed E-state index contributed by atoms with van der Waals surface area (Å²) in [5, 5.41) is 0. The number of carbonyl (C=O) groups is 1. The molecular weight excluding hydrogens is 278 g/mol. The van der Waals surface area contributed by atoms with Crippen molar-refractivity contribution in [1.29, 1.82) is 0 Å². The number of Topliss-reactive ketones (excluding diaryl/α,β-unsaturated/α-hetero) is 1. The van der Waals surface area contributed by atoms with Crippen molar-refractivity contribution < 1.29 is 13.6 Å². The van der Waals surface area contributed by atoms with Crippen molar-refractivity contribution in [2.45, 2.75) is 18.7 Å². The zero-order valence-corrected chi connectivity index (χ0v) is 12.1. The van der Waals surface area contributed by atoms with Crippen molar-refractivity contribution >= 4 is 17.5 Å². The van der Waals surface area contributed by atoms with Gasteiger partial charge in [0.1, 0.15) is 11.6 Å². The van der Waals surface area contributed by atoms with E-state index in [1.165, 1.54) is 12.1 Å². The number of carbonyl (C=O) groups excluding carboxylic acids is 1. The first kappa shape index (κ1) is 14.7. The molecule has 2 aromatic carbocycles. The largest absolute Gasteiger partial charge is 0.293 e. The minimum absolute atomic E-state index is 0.0678. The Morgan fingerprint density at radius 2 is 1.80 bits per heavy atom. The van der Waals surface area contributed by atoms with Crippen molar-refractivity contribution in [2.24, 2.45) is 0 Å². The Bertz CT molecular complexity index is 653. The third kappa shape index (κ3) is 3.45. The second kappa shape index (κ2) is 6.18. The van der Waals surface area contributed by atoms with Crippen LogP contribution in [0.3, 0.4) is 0 Å². The quantitative estimate of drug-likeness (QED) is 0.607. The van der Waals surface area contributed by atoms with Crippen molar-refractivity contribution in [3.63, 3.8) is 0 Å². The number of rotatable bonds is 4. The van der Waals surface area contributed by atoms with E-state index in [1.54, 1.807) is 6.07 Å². The maximum atomic E-state index is 13.4. The van der Waals surface area contributed by atoms with Gasteiger partial charge >= 0.3 is 0 Å². The monoisotopic (exact) mass is 292 g/mol. The summed E-state index contributed by atoms with van der Waals surface area (Å²) in [5.74, 6) is -1.19. The van der Waals surface area contributed by atoms with Gasteiger partial charge in [0, 0.05) is 16.5 Å². The third-order valence-corrected chi connectivity index (χ3v) is 4.13. The number of hydrogen-bond acceptors (Lipinski definition) is 2. The molecule has 0 amide bonds. The van der Waals surface area contributed by atoms with Crippen LogP contribution in [0.25, 0.3) is 0 Å². The van der Waals surface area contributed by atoms with Crippen LogP contribution >= 0.6 is 11.8 Å². The molecule has 0 saturated heterocycles. The van der Waals surface area contributed by atoms with Crippen LogP contribution in [0.2, 0.25) is 0 Å². The Morgan fingerprint density at radius 1 is 1.05 bits per heavy atom. The van der Waals surface area contributed by atoms with Gasteiger partial charge in [-0.15, -0.1) is 11.8 Å². The molecule has 0 N–H and O–H groups in total. The number of benzene rings is 2. The fourth-order valence-electron chi connectivity index (χ4n) is 1.73. The van der Waals surface area contributed by atoms with Gasteiger partial charge in [-0.05, 0) is 43.2 Å². The van der Waals surface area contributed by atoms with Crippen molar-refractivity contribution in [1.82, 2.24) is 0 Å². The summed E-state index contributed by atoms with van der Waals surface area (Å²) in [6, 6.07) is 8.86. The van der Waals surface area contributed by atoms with Gasteiger partial charge < -0.3 is 0 Å². The van der Waals surface area contributed by atoms with Crippen molar-refractivity contribution in [3.8, 4) is 0 Å². The Hall–Kier alpha value is -1.68. The van der Waals surface area contributed by atoms with Gasteiger partial charge in [-0.1, -0.05) is 12.1 Å². The number of aryl methyl sites for hydroxylation is 2. The zero-order valence-electron chi connectivity index (χ0n) is 11.2. The summed E-state index contributed by atoms with van der Waals surface area (Å²) in [7, 11) is 0. The maximum Gasteiger partial charge on any atom is 0.173 e. The highest BCUT2D eigenvalue weighted by atomic mass is 32.2. The Kier molecular flexibility index (Phi) is 4.55. The molecule has 0 bridgehead atoms. The summed E-state index contributed by atoms with van der Waals surface area (Å²) in [4.78, 5) is 12.3. The number of hydrogen-bond donors (Lipinski definition) is 0. The maximum absolute atomic E-state index is 13.4. The molecule has 0 saturated carbocycles. The Balaban J connectivity index is 2.06. The van der Waals surface area contributed by atoms with Gasteiger partial charge in [0.2, 0.25) is 0 Å². The fourth-order valence-corrected chi connectivity index (χ4v) is 2.55. The molecule has 0 aliphatic heterocycles. The van der Waals surface area contributed by atoms with E-state index in [2.05, 4.69) is 0 Å². The van der Waals surface area contributed by atoms with E-state index in [1.807, 2.05) is 26.0 Å². The predicted octanol–water partition coefficient (Wildman–Crippen LogP) is 4.56. The molecule has 0 radical (unpaired) electrons. The number of halogens is 2. The molecular formula is C16H14F2OS. The van der Waals surface area contributed by atoms with Crippen LogP contribution in [0.15, 0.2) is 41.3 Å². The normalized spacial score (nSPS) is 10.6. The van der Waals surface area contributed by atoms with Gasteiger partial charge in [0.25, 0.3) is 0 Å². The van der Waals surface area contributed by atoms with E-state index in [9.17, 15) is 13.6 Å². The molecule has 0 aliphatic carbocycles. The Morgan fingerprint density at radius 3 is 2.45 bits per heavy atom. The minimum Gasteiger partial charge on any atom is -0.293 e. The van der Waals surface area contributed by atoms with Crippen LogP contribution in [-0.2, 0) is 0 Å². The first-order valence-electron chi connectivity index (χ1n) is 6.15. The molecule has 2 aromatic rings. The highest BCUT2D eigenvalue weighted by molar-refractivity contribution is 8.00. The second-order valence-corrected chi connectivity index (χ2v) is 5.60. The second-order valence-electron chi connectivity index (χ2n) is 4.59. The van der Waals surface area contributed by atoms with E-state index < -0.39 is 11.6 Å². The highest BCUT2D eigenvalue weighted by Gasteiger charge is 2.10. The molecule has 2 rings (SSSR count). The van der Waals surface area contributed by atoms with Crippen LogP contribution in [0.4, 0.5) is 8.78 Å². The highest BCUT2D eigenvalue weighted by Crippen LogP contribution is 2.23. The lowest BCUT2D eigenvalue weighted by atomic mass is 10.0. The van der Waals surface area contributed by atoms with Gasteiger partial charge in [-0.3, -0.25) is 4.79 Å². The van der Waals surface area contributed by atoms with Crippen LogP contribution in [0, 0.1) is 25.5 Å². The van der Waals surface area contributed by atoms with E-state index in [-0.39, 0.29) is 16.4 Å². The summed E-state index contributed by atoms with van der Waals surface area (Å²) in [5.41, 5.74) is 2.79. The standard InChI is InChI=1S/C16H14F2OS/c1-10-3-4-12(7-11(10)2)15(19)9-20-16-6-5-13(17)8-14(16)18/h3-8H,9H2,1-2H3. The van der Waals surface area contributed by atoms with Crippen molar-refractivity contribution in [3.05, 3.63) is 64.7 Å². The van der Waals surface area contributed by atoms with Crippen LogP contribution < -0.4 is 0 Å². The molecule has 0 heterocycles. The van der Waals surface area contributed by atoms with Crippen molar-refractivity contribution in [2.75, 3.05) is 5.75 Å². The van der Waals surface area contributed by atoms with E-state index in [0.717, 1.165) is 29.0 Å².